The highest BCUT2D eigenvalue weighted by molar-refractivity contribution is 5.83. The van der Waals surface area contributed by atoms with E-state index in [9.17, 15) is 9.59 Å². The monoisotopic (exact) mass is 320 g/mol. The minimum absolute atomic E-state index is 0.0997. The topological polar surface area (TPSA) is 90.7 Å². The van der Waals surface area contributed by atoms with Gasteiger partial charge in [0.1, 0.15) is 5.52 Å². The average molecular weight is 320 g/mol. The molecular weight excluding hydrogens is 300 g/mol. The molecule has 0 saturated carbocycles. The molecule has 0 fully saturated rings. The van der Waals surface area contributed by atoms with Crippen LogP contribution in [0.2, 0.25) is 0 Å². The Kier molecular flexibility index (Phi) is 6.10. The van der Waals surface area contributed by atoms with E-state index in [-0.39, 0.29) is 12.3 Å². The smallest absolute Gasteiger partial charge is 0.307 e. The molecule has 0 aliphatic rings. The summed E-state index contributed by atoms with van der Waals surface area (Å²) in [7, 11) is 1.54. The Balaban J connectivity index is 1.77. The number of nitrogens with one attached hydrogen (secondary N) is 1. The summed E-state index contributed by atoms with van der Waals surface area (Å²) in [6, 6.07) is 7.38. The molecule has 1 aromatic heterocycles. The van der Waals surface area contributed by atoms with Crippen molar-refractivity contribution in [2.24, 2.45) is 0 Å². The number of oxazole rings is 1. The number of esters is 1. The molecule has 0 spiro atoms. The van der Waals surface area contributed by atoms with Crippen molar-refractivity contribution in [3.8, 4) is 0 Å². The summed E-state index contributed by atoms with van der Waals surface area (Å²) in [6.45, 7) is 2.31. The molecule has 1 atom stereocenters. The van der Waals surface area contributed by atoms with E-state index in [2.05, 4.69) is 10.3 Å². The number of carbonyl (C=O) groups is 2. The fraction of sp³-hybridized carbons (Fsp3) is 0.438. The van der Waals surface area contributed by atoms with Crippen molar-refractivity contribution >= 4 is 23.0 Å². The Labute approximate surface area is 134 Å². The zero-order valence-corrected chi connectivity index (χ0v) is 13.2. The van der Waals surface area contributed by atoms with Gasteiger partial charge in [-0.25, -0.2) is 4.98 Å². The molecule has 23 heavy (non-hydrogen) atoms. The molecule has 0 radical (unpaired) electrons. The van der Waals surface area contributed by atoms with Crippen LogP contribution in [0.25, 0.3) is 11.1 Å². The first-order valence-corrected chi connectivity index (χ1v) is 7.40. The van der Waals surface area contributed by atoms with Crippen molar-refractivity contribution in [3.05, 3.63) is 30.2 Å². The van der Waals surface area contributed by atoms with Gasteiger partial charge in [-0.05, 0) is 19.1 Å². The molecule has 0 aliphatic carbocycles. The number of rotatable bonds is 8. The molecule has 1 heterocycles. The van der Waals surface area contributed by atoms with Crippen LogP contribution >= 0.6 is 0 Å². The number of hydrogen-bond donors (Lipinski definition) is 1. The van der Waals surface area contributed by atoms with Crippen LogP contribution in [0.4, 0.5) is 0 Å². The second kappa shape index (κ2) is 8.28. The Bertz CT molecular complexity index is 634. The van der Waals surface area contributed by atoms with E-state index in [1.807, 2.05) is 24.3 Å². The maximum absolute atomic E-state index is 11.8. The molecule has 2 aromatic rings. The zero-order valence-electron chi connectivity index (χ0n) is 13.2. The van der Waals surface area contributed by atoms with Gasteiger partial charge in [-0.2, -0.15) is 0 Å². The third kappa shape index (κ3) is 5.07. The summed E-state index contributed by atoms with van der Waals surface area (Å²) in [5, 5.41) is 2.61. The van der Waals surface area contributed by atoms with Crippen LogP contribution in [-0.4, -0.2) is 43.2 Å². The number of nitrogens with zero attached hydrogens (tertiary/aromatic N) is 1. The molecule has 1 N–H and O–H groups in total. The molecule has 0 unspecified atom stereocenters. The summed E-state index contributed by atoms with van der Waals surface area (Å²) in [5.41, 5.74) is 1.43. The van der Waals surface area contributed by atoms with Gasteiger partial charge in [-0.1, -0.05) is 12.1 Å². The molecule has 0 bridgehead atoms. The summed E-state index contributed by atoms with van der Waals surface area (Å²) < 4.78 is 15.4. The minimum atomic E-state index is -0.844. The van der Waals surface area contributed by atoms with Gasteiger partial charge in [-0.3, -0.25) is 9.59 Å². The Hall–Kier alpha value is -2.41. The second-order valence-corrected chi connectivity index (χ2v) is 4.99. The number of aromatic nitrogens is 1. The quantitative estimate of drug-likeness (QED) is 0.585. The van der Waals surface area contributed by atoms with Gasteiger partial charge in [0.05, 0.1) is 13.0 Å². The van der Waals surface area contributed by atoms with Gasteiger partial charge in [0.2, 0.25) is 0 Å². The average Bonchev–Trinajstić information content (AvgIpc) is 2.96. The standard InChI is InChI=1S/C16H20N2O5/c1-11(16(20)17-9-10-21-2)22-15(19)8-7-14-18-12-5-3-4-6-13(12)23-14/h3-6,11H,7-10H2,1-2H3,(H,17,20)/t11-/m1/s1. The lowest BCUT2D eigenvalue weighted by molar-refractivity contribution is -0.154. The minimum Gasteiger partial charge on any atom is -0.453 e. The lowest BCUT2D eigenvalue weighted by atomic mass is 10.3. The van der Waals surface area contributed by atoms with E-state index < -0.39 is 12.1 Å². The molecule has 124 valence electrons. The first-order valence-electron chi connectivity index (χ1n) is 7.40. The van der Waals surface area contributed by atoms with Gasteiger partial charge in [0.15, 0.2) is 17.6 Å². The normalized spacial score (nSPS) is 12.1. The number of benzene rings is 1. The fourth-order valence-corrected chi connectivity index (χ4v) is 1.97. The number of amides is 1. The van der Waals surface area contributed by atoms with Gasteiger partial charge >= 0.3 is 5.97 Å². The van der Waals surface area contributed by atoms with Crippen LogP contribution in [0.15, 0.2) is 28.7 Å². The highest BCUT2D eigenvalue weighted by Crippen LogP contribution is 2.15. The number of ether oxygens (including phenoxy) is 2. The Morgan fingerprint density at radius 3 is 2.87 bits per heavy atom. The van der Waals surface area contributed by atoms with E-state index in [0.29, 0.717) is 31.0 Å². The largest absolute Gasteiger partial charge is 0.453 e. The van der Waals surface area contributed by atoms with Crippen molar-refractivity contribution in [1.29, 1.82) is 0 Å². The molecule has 0 saturated heterocycles. The van der Waals surface area contributed by atoms with E-state index in [1.54, 1.807) is 7.11 Å². The van der Waals surface area contributed by atoms with Gasteiger partial charge in [-0.15, -0.1) is 0 Å². The summed E-state index contributed by atoms with van der Waals surface area (Å²) in [6.07, 6.45) is -0.420. The molecule has 1 aromatic carbocycles. The number of fused-ring (bicyclic) bond motifs is 1. The highest BCUT2D eigenvalue weighted by atomic mass is 16.5. The van der Waals surface area contributed by atoms with Crippen LogP contribution < -0.4 is 5.32 Å². The third-order valence-corrected chi connectivity index (χ3v) is 3.16. The fourth-order valence-electron chi connectivity index (χ4n) is 1.97. The van der Waals surface area contributed by atoms with E-state index in [1.165, 1.54) is 6.92 Å². The van der Waals surface area contributed by atoms with Crippen molar-refractivity contribution < 1.29 is 23.5 Å². The molecule has 0 aliphatic heterocycles. The van der Waals surface area contributed by atoms with Crippen LogP contribution in [0.5, 0.6) is 0 Å². The van der Waals surface area contributed by atoms with E-state index >= 15 is 0 Å². The predicted octanol–water partition coefficient (Wildman–Crippen LogP) is 1.45. The maximum atomic E-state index is 11.8. The van der Waals surface area contributed by atoms with Crippen molar-refractivity contribution in [2.75, 3.05) is 20.3 Å². The van der Waals surface area contributed by atoms with Gasteiger partial charge in [0, 0.05) is 20.1 Å². The maximum Gasteiger partial charge on any atom is 0.307 e. The van der Waals surface area contributed by atoms with Crippen LogP contribution in [-0.2, 0) is 25.5 Å². The summed E-state index contributed by atoms with van der Waals surface area (Å²) >= 11 is 0. The van der Waals surface area contributed by atoms with Crippen LogP contribution in [0, 0.1) is 0 Å². The predicted molar refractivity (Wildman–Crippen MR) is 82.8 cm³/mol. The second-order valence-electron chi connectivity index (χ2n) is 4.99. The number of carbonyl (C=O) groups excluding carboxylic acids is 2. The number of para-hydroxylation sites is 2. The number of methoxy groups -OCH3 is 1. The lowest BCUT2D eigenvalue weighted by Gasteiger charge is -2.12. The number of aryl methyl sites for hydroxylation is 1. The molecular formula is C16H20N2O5. The Morgan fingerprint density at radius 2 is 2.13 bits per heavy atom. The summed E-state index contributed by atoms with van der Waals surface area (Å²) in [4.78, 5) is 27.7. The van der Waals surface area contributed by atoms with Crippen molar-refractivity contribution in [1.82, 2.24) is 10.3 Å². The molecule has 2 rings (SSSR count). The first kappa shape index (κ1) is 17.0. The summed E-state index contributed by atoms with van der Waals surface area (Å²) in [5.74, 6) is -0.348. The Morgan fingerprint density at radius 1 is 1.35 bits per heavy atom. The SMILES string of the molecule is COCCNC(=O)[C@@H](C)OC(=O)CCc1nc2ccccc2o1. The molecule has 7 nitrogen and oxygen atoms in total. The van der Waals surface area contributed by atoms with Crippen LogP contribution in [0.1, 0.15) is 19.2 Å². The molecule has 1 amide bonds. The lowest BCUT2D eigenvalue weighted by Crippen LogP contribution is -2.37. The zero-order chi connectivity index (χ0) is 16.7. The molecule has 7 heteroatoms. The van der Waals surface area contributed by atoms with E-state index in [0.717, 1.165) is 5.52 Å². The van der Waals surface area contributed by atoms with Gasteiger partial charge < -0.3 is 19.2 Å². The van der Waals surface area contributed by atoms with Crippen molar-refractivity contribution in [2.45, 2.75) is 25.9 Å². The van der Waals surface area contributed by atoms with Crippen LogP contribution in [0.3, 0.4) is 0 Å². The third-order valence-electron chi connectivity index (χ3n) is 3.16. The number of hydrogen-bond acceptors (Lipinski definition) is 6. The first-order chi connectivity index (χ1) is 11.1. The van der Waals surface area contributed by atoms with Gasteiger partial charge in [0.25, 0.3) is 5.91 Å². The van der Waals surface area contributed by atoms with E-state index in [4.69, 9.17) is 13.9 Å². The van der Waals surface area contributed by atoms with Crippen molar-refractivity contribution in [3.63, 3.8) is 0 Å². The highest BCUT2D eigenvalue weighted by Gasteiger charge is 2.18.